The standard InChI is InChI=1S/C16H18N2O2/c1-9-6-11(8-20-9)14(17)10-4-5-13-12(7-10)16(2,3)15(19)18-13/h4-8,14H,17H2,1-3H3,(H,18,19). The van der Waals surface area contributed by atoms with Crippen LogP contribution < -0.4 is 11.1 Å². The minimum Gasteiger partial charge on any atom is -0.469 e. The molecule has 1 aliphatic rings. The Morgan fingerprint density at radius 3 is 2.65 bits per heavy atom. The van der Waals surface area contributed by atoms with E-state index in [0.717, 1.165) is 28.1 Å². The van der Waals surface area contributed by atoms with E-state index in [1.165, 1.54) is 0 Å². The average Bonchev–Trinajstić information content (AvgIpc) is 2.92. The predicted molar refractivity (Wildman–Crippen MR) is 77.6 cm³/mol. The van der Waals surface area contributed by atoms with Crippen LogP contribution in [0.25, 0.3) is 0 Å². The number of carbonyl (C=O) groups excluding carboxylic acids is 1. The normalized spacial score (nSPS) is 17.7. The number of nitrogens with two attached hydrogens (primary N) is 1. The number of anilines is 1. The maximum Gasteiger partial charge on any atom is 0.234 e. The summed E-state index contributed by atoms with van der Waals surface area (Å²) in [7, 11) is 0. The Kier molecular flexibility index (Phi) is 2.73. The predicted octanol–water partition coefficient (Wildman–Crippen LogP) is 2.87. The summed E-state index contributed by atoms with van der Waals surface area (Å²) in [6.07, 6.45) is 1.68. The summed E-state index contributed by atoms with van der Waals surface area (Å²) >= 11 is 0. The number of aryl methyl sites for hydroxylation is 1. The highest BCUT2D eigenvalue weighted by molar-refractivity contribution is 6.05. The molecule has 1 atom stereocenters. The zero-order valence-electron chi connectivity index (χ0n) is 11.9. The lowest BCUT2D eigenvalue weighted by Gasteiger charge is -2.17. The van der Waals surface area contributed by atoms with E-state index in [1.54, 1.807) is 6.26 Å². The van der Waals surface area contributed by atoms with Crippen LogP contribution in [0.3, 0.4) is 0 Å². The monoisotopic (exact) mass is 270 g/mol. The third kappa shape index (κ3) is 1.84. The summed E-state index contributed by atoms with van der Waals surface area (Å²) in [6, 6.07) is 7.58. The van der Waals surface area contributed by atoms with Crippen molar-refractivity contribution in [3.63, 3.8) is 0 Å². The Morgan fingerprint density at radius 1 is 1.25 bits per heavy atom. The molecule has 0 saturated heterocycles. The Bertz CT molecular complexity index is 686. The number of amides is 1. The van der Waals surface area contributed by atoms with Crippen LogP contribution in [0, 0.1) is 6.92 Å². The van der Waals surface area contributed by atoms with E-state index < -0.39 is 5.41 Å². The summed E-state index contributed by atoms with van der Waals surface area (Å²) < 4.78 is 5.31. The highest BCUT2D eigenvalue weighted by Crippen LogP contribution is 2.39. The first kappa shape index (κ1) is 12.9. The third-order valence-corrected chi connectivity index (χ3v) is 4.00. The quantitative estimate of drug-likeness (QED) is 0.881. The molecule has 0 fully saturated rings. The van der Waals surface area contributed by atoms with E-state index >= 15 is 0 Å². The fourth-order valence-electron chi connectivity index (χ4n) is 2.60. The van der Waals surface area contributed by atoms with Gasteiger partial charge in [-0.2, -0.15) is 0 Å². The van der Waals surface area contributed by atoms with E-state index in [2.05, 4.69) is 5.32 Å². The maximum atomic E-state index is 11.9. The Hall–Kier alpha value is -2.07. The highest BCUT2D eigenvalue weighted by Gasteiger charge is 2.38. The molecule has 20 heavy (non-hydrogen) atoms. The average molecular weight is 270 g/mol. The number of carbonyl (C=O) groups is 1. The minimum absolute atomic E-state index is 0.0253. The zero-order chi connectivity index (χ0) is 14.5. The second-order valence-electron chi connectivity index (χ2n) is 5.85. The maximum absolute atomic E-state index is 11.9. The van der Waals surface area contributed by atoms with Crippen LogP contribution in [0.2, 0.25) is 0 Å². The molecule has 3 rings (SSSR count). The first-order valence-electron chi connectivity index (χ1n) is 6.66. The molecule has 4 nitrogen and oxygen atoms in total. The molecule has 0 saturated carbocycles. The van der Waals surface area contributed by atoms with Crippen molar-refractivity contribution in [1.29, 1.82) is 0 Å². The number of benzene rings is 1. The first-order chi connectivity index (χ1) is 9.39. The Morgan fingerprint density at radius 2 is 2.00 bits per heavy atom. The third-order valence-electron chi connectivity index (χ3n) is 4.00. The van der Waals surface area contributed by atoms with Gasteiger partial charge < -0.3 is 15.5 Å². The van der Waals surface area contributed by atoms with E-state index in [9.17, 15) is 4.79 Å². The van der Waals surface area contributed by atoms with Crippen LogP contribution in [-0.2, 0) is 10.2 Å². The van der Waals surface area contributed by atoms with Gasteiger partial charge in [0.25, 0.3) is 0 Å². The van der Waals surface area contributed by atoms with Gasteiger partial charge in [-0.05, 0) is 44.0 Å². The van der Waals surface area contributed by atoms with Crippen LogP contribution in [0.4, 0.5) is 5.69 Å². The molecule has 1 aromatic heterocycles. The van der Waals surface area contributed by atoms with E-state index in [4.69, 9.17) is 10.2 Å². The van der Waals surface area contributed by atoms with Crippen molar-refractivity contribution in [1.82, 2.24) is 0 Å². The summed E-state index contributed by atoms with van der Waals surface area (Å²) in [4.78, 5) is 11.9. The Balaban J connectivity index is 2.02. The lowest BCUT2D eigenvalue weighted by molar-refractivity contribution is -0.119. The molecule has 1 aromatic carbocycles. The minimum atomic E-state index is -0.516. The fourth-order valence-corrected chi connectivity index (χ4v) is 2.60. The lowest BCUT2D eigenvalue weighted by Crippen LogP contribution is -2.27. The SMILES string of the molecule is Cc1cc(C(N)c2ccc3c(c2)C(C)(C)C(=O)N3)co1. The molecule has 0 radical (unpaired) electrons. The molecule has 1 amide bonds. The second-order valence-corrected chi connectivity index (χ2v) is 5.85. The van der Waals surface area contributed by atoms with Crippen molar-refractivity contribution < 1.29 is 9.21 Å². The summed E-state index contributed by atoms with van der Waals surface area (Å²) in [5, 5.41) is 2.90. The molecule has 0 spiro atoms. The largest absolute Gasteiger partial charge is 0.469 e. The molecule has 4 heteroatoms. The van der Waals surface area contributed by atoms with Crippen LogP contribution >= 0.6 is 0 Å². The molecular weight excluding hydrogens is 252 g/mol. The van der Waals surface area contributed by atoms with Gasteiger partial charge in [0.1, 0.15) is 5.76 Å². The number of fused-ring (bicyclic) bond motifs is 1. The van der Waals surface area contributed by atoms with E-state index in [0.29, 0.717) is 0 Å². The molecular formula is C16H18N2O2. The molecule has 2 heterocycles. The van der Waals surface area contributed by atoms with Gasteiger partial charge in [0.2, 0.25) is 5.91 Å². The van der Waals surface area contributed by atoms with Crippen molar-refractivity contribution in [2.75, 3.05) is 5.32 Å². The van der Waals surface area contributed by atoms with Gasteiger partial charge in [0.05, 0.1) is 17.7 Å². The van der Waals surface area contributed by atoms with Crippen molar-refractivity contribution in [3.05, 3.63) is 53.0 Å². The molecule has 3 N–H and O–H groups in total. The van der Waals surface area contributed by atoms with Gasteiger partial charge >= 0.3 is 0 Å². The molecule has 2 aromatic rings. The van der Waals surface area contributed by atoms with E-state index in [1.807, 2.05) is 45.0 Å². The molecule has 1 aliphatic heterocycles. The van der Waals surface area contributed by atoms with Gasteiger partial charge in [-0.3, -0.25) is 4.79 Å². The number of nitrogens with one attached hydrogen (secondary N) is 1. The fraction of sp³-hybridized carbons (Fsp3) is 0.312. The molecule has 0 aliphatic carbocycles. The van der Waals surface area contributed by atoms with Gasteiger partial charge in [-0.25, -0.2) is 0 Å². The van der Waals surface area contributed by atoms with Crippen molar-refractivity contribution >= 4 is 11.6 Å². The number of rotatable bonds is 2. The van der Waals surface area contributed by atoms with Crippen molar-refractivity contribution in [2.45, 2.75) is 32.2 Å². The van der Waals surface area contributed by atoms with Gasteiger partial charge in [-0.1, -0.05) is 12.1 Å². The van der Waals surface area contributed by atoms with Crippen LogP contribution in [0.15, 0.2) is 34.9 Å². The molecule has 1 unspecified atom stereocenters. The number of hydrogen-bond donors (Lipinski definition) is 2. The summed E-state index contributed by atoms with van der Waals surface area (Å²) in [5.41, 5.74) is 9.56. The molecule has 0 bridgehead atoms. The van der Waals surface area contributed by atoms with Crippen molar-refractivity contribution in [3.8, 4) is 0 Å². The molecule has 104 valence electrons. The van der Waals surface area contributed by atoms with E-state index in [-0.39, 0.29) is 11.9 Å². The topological polar surface area (TPSA) is 68.3 Å². The van der Waals surface area contributed by atoms with Crippen LogP contribution in [0.5, 0.6) is 0 Å². The van der Waals surface area contributed by atoms with Crippen molar-refractivity contribution in [2.24, 2.45) is 5.73 Å². The summed E-state index contributed by atoms with van der Waals surface area (Å²) in [6.45, 7) is 5.74. The lowest BCUT2D eigenvalue weighted by atomic mass is 9.84. The first-order valence-corrected chi connectivity index (χ1v) is 6.66. The second kappa shape index (κ2) is 4.21. The smallest absolute Gasteiger partial charge is 0.234 e. The highest BCUT2D eigenvalue weighted by atomic mass is 16.3. The Labute approximate surface area is 118 Å². The van der Waals surface area contributed by atoms with Gasteiger partial charge in [0.15, 0.2) is 0 Å². The number of hydrogen-bond acceptors (Lipinski definition) is 3. The number of furan rings is 1. The zero-order valence-corrected chi connectivity index (χ0v) is 11.9. The summed E-state index contributed by atoms with van der Waals surface area (Å²) in [5.74, 6) is 0.867. The van der Waals surface area contributed by atoms with Gasteiger partial charge in [0, 0.05) is 11.3 Å². The van der Waals surface area contributed by atoms with Crippen LogP contribution in [-0.4, -0.2) is 5.91 Å². The van der Waals surface area contributed by atoms with Crippen LogP contribution in [0.1, 0.15) is 42.3 Å². The van der Waals surface area contributed by atoms with Gasteiger partial charge in [-0.15, -0.1) is 0 Å².